The Morgan fingerprint density at radius 1 is 1.33 bits per heavy atom. The van der Waals surface area contributed by atoms with Gasteiger partial charge < -0.3 is 19.8 Å². The van der Waals surface area contributed by atoms with Crippen LogP contribution in [0.4, 0.5) is 0 Å². The zero-order chi connectivity index (χ0) is 17.1. The maximum Gasteiger partial charge on any atom is 0.191 e. The van der Waals surface area contributed by atoms with Crippen LogP contribution in [0, 0.1) is 5.92 Å². The summed E-state index contributed by atoms with van der Waals surface area (Å²) in [7, 11) is 5.86. The molecule has 0 spiro atoms. The van der Waals surface area contributed by atoms with Crippen molar-refractivity contribution >= 4 is 29.9 Å². The smallest absolute Gasteiger partial charge is 0.191 e. The molecule has 0 aromatic carbocycles. The van der Waals surface area contributed by atoms with Gasteiger partial charge in [0.1, 0.15) is 5.76 Å². The van der Waals surface area contributed by atoms with Gasteiger partial charge in [0.15, 0.2) is 5.96 Å². The van der Waals surface area contributed by atoms with Crippen molar-refractivity contribution in [2.45, 2.75) is 26.3 Å². The molecule has 1 aromatic rings. The van der Waals surface area contributed by atoms with Crippen LogP contribution < -0.4 is 10.6 Å². The number of furan rings is 1. The second kappa shape index (κ2) is 13.5. The highest BCUT2D eigenvalue weighted by molar-refractivity contribution is 14.0. The molecule has 0 bridgehead atoms. The lowest BCUT2D eigenvalue weighted by Gasteiger charge is -2.23. The van der Waals surface area contributed by atoms with Crippen molar-refractivity contribution in [2.24, 2.45) is 10.9 Å². The summed E-state index contributed by atoms with van der Waals surface area (Å²) in [6.07, 6.45) is 2.67. The first-order chi connectivity index (χ1) is 11.0. The molecule has 24 heavy (non-hydrogen) atoms. The topological polar surface area (TPSA) is 62.0 Å². The average molecular weight is 452 g/mol. The number of hydrogen-bond acceptors (Lipinski definition) is 4. The zero-order valence-electron chi connectivity index (χ0n) is 15.5. The van der Waals surface area contributed by atoms with Crippen LogP contribution in [-0.4, -0.2) is 58.3 Å². The number of nitrogens with one attached hydrogen (secondary N) is 2. The number of aliphatic imine (C=N–C) groups is 1. The Labute approximate surface area is 163 Å². The van der Waals surface area contributed by atoms with Gasteiger partial charge in [-0.2, -0.15) is 0 Å². The fourth-order valence-electron chi connectivity index (χ4n) is 2.13. The lowest BCUT2D eigenvalue weighted by molar-refractivity contribution is 0.108. The number of halogens is 1. The molecule has 0 aliphatic heterocycles. The van der Waals surface area contributed by atoms with Crippen molar-refractivity contribution in [3.63, 3.8) is 0 Å². The van der Waals surface area contributed by atoms with Gasteiger partial charge in [0, 0.05) is 33.4 Å². The molecule has 0 saturated heterocycles. The molecule has 0 amide bonds. The summed E-state index contributed by atoms with van der Waals surface area (Å²) >= 11 is 0. The van der Waals surface area contributed by atoms with Crippen LogP contribution in [0.25, 0.3) is 0 Å². The lowest BCUT2D eigenvalue weighted by atomic mass is 10.2. The molecule has 0 aliphatic carbocycles. The highest BCUT2D eigenvalue weighted by Crippen LogP contribution is 2.17. The number of rotatable bonds is 10. The monoisotopic (exact) mass is 452 g/mol. The number of likely N-dealkylation sites (N-methyl/N-ethyl adjacent to an activating group) is 1. The van der Waals surface area contributed by atoms with E-state index < -0.39 is 0 Å². The van der Waals surface area contributed by atoms with Gasteiger partial charge in [-0.3, -0.25) is 9.89 Å². The third kappa shape index (κ3) is 9.48. The first kappa shape index (κ1) is 23.2. The van der Waals surface area contributed by atoms with Crippen LogP contribution in [0.2, 0.25) is 0 Å². The normalized spacial score (nSPS) is 13.0. The molecule has 2 N–H and O–H groups in total. The van der Waals surface area contributed by atoms with Crippen LogP contribution in [0.15, 0.2) is 27.8 Å². The van der Waals surface area contributed by atoms with Gasteiger partial charge >= 0.3 is 0 Å². The maximum atomic E-state index is 5.57. The Kier molecular flexibility index (Phi) is 13.0. The fourth-order valence-corrected chi connectivity index (χ4v) is 2.13. The van der Waals surface area contributed by atoms with Crippen LogP contribution in [0.3, 0.4) is 0 Å². The summed E-state index contributed by atoms with van der Waals surface area (Å²) in [5.74, 6) is 2.33. The molecule has 1 atom stereocenters. The molecular weight excluding hydrogens is 419 g/mol. The number of ether oxygens (including phenoxy) is 1. The zero-order valence-corrected chi connectivity index (χ0v) is 17.9. The van der Waals surface area contributed by atoms with Gasteiger partial charge in [-0.25, -0.2) is 0 Å². The minimum atomic E-state index is 0. The van der Waals surface area contributed by atoms with Gasteiger partial charge in [0.25, 0.3) is 0 Å². The van der Waals surface area contributed by atoms with Gasteiger partial charge in [-0.1, -0.05) is 13.8 Å². The van der Waals surface area contributed by atoms with E-state index in [-0.39, 0.29) is 30.0 Å². The second-order valence-electron chi connectivity index (χ2n) is 6.20. The molecule has 1 unspecified atom stereocenters. The Morgan fingerprint density at radius 2 is 2.08 bits per heavy atom. The average Bonchev–Trinajstić information content (AvgIpc) is 3.02. The molecule has 7 heteroatoms. The van der Waals surface area contributed by atoms with E-state index in [9.17, 15) is 0 Å². The number of nitrogens with zero attached hydrogens (tertiary/aromatic N) is 2. The van der Waals surface area contributed by atoms with Crippen LogP contribution >= 0.6 is 24.0 Å². The highest BCUT2D eigenvalue weighted by atomic mass is 127. The predicted octanol–water partition coefficient (Wildman–Crippen LogP) is 2.73. The predicted molar refractivity (Wildman–Crippen MR) is 110 cm³/mol. The van der Waals surface area contributed by atoms with Crippen LogP contribution in [0.5, 0.6) is 0 Å². The standard InChI is InChI=1S/C17H32N4O2.HI/c1-14(2)13-22-10-7-9-19-17(18-3)20-12-15(21(4)5)16-8-6-11-23-16;/h6,8,11,14-15H,7,9-10,12-13H2,1-5H3,(H2,18,19,20);1H. The largest absolute Gasteiger partial charge is 0.468 e. The molecule has 1 rings (SSSR count). The van der Waals surface area contributed by atoms with Crippen molar-refractivity contribution in [3.05, 3.63) is 24.2 Å². The Balaban J connectivity index is 0.00000529. The Morgan fingerprint density at radius 3 is 2.62 bits per heavy atom. The number of hydrogen-bond donors (Lipinski definition) is 2. The Hall–Kier alpha value is -0.800. The van der Waals surface area contributed by atoms with E-state index in [1.54, 1.807) is 13.3 Å². The lowest BCUT2D eigenvalue weighted by Crippen LogP contribution is -2.42. The van der Waals surface area contributed by atoms with Gasteiger partial charge in [0.05, 0.1) is 12.3 Å². The van der Waals surface area contributed by atoms with Crippen LogP contribution in [0.1, 0.15) is 32.1 Å². The molecular formula is C17H33IN4O2. The summed E-state index contributed by atoms with van der Waals surface area (Å²) in [5.41, 5.74) is 0. The maximum absolute atomic E-state index is 5.57. The summed E-state index contributed by atoms with van der Waals surface area (Å²) in [5, 5.41) is 6.65. The summed E-state index contributed by atoms with van der Waals surface area (Å²) in [6, 6.07) is 4.07. The molecule has 0 aliphatic rings. The van der Waals surface area contributed by atoms with Crippen molar-refractivity contribution in [2.75, 3.05) is 47.4 Å². The van der Waals surface area contributed by atoms with Crippen molar-refractivity contribution < 1.29 is 9.15 Å². The SMILES string of the molecule is CN=C(NCCCOCC(C)C)NCC(c1ccco1)N(C)C.I. The Bertz CT molecular complexity index is 436. The van der Waals surface area contributed by atoms with Crippen molar-refractivity contribution in [1.82, 2.24) is 15.5 Å². The molecule has 0 fully saturated rings. The van der Waals surface area contributed by atoms with Crippen molar-refractivity contribution in [1.29, 1.82) is 0 Å². The second-order valence-corrected chi connectivity index (χ2v) is 6.20. The summed E-state index contributed by atoms with van der Waals surface area (Å²) in [4.78, 5) is 6.38. The van der Waals surface area contributed by atoms with E-state index in [1.165, 1.54) is 0 Å². The highest BCUT2D eigenvalue weighted by Gasteiger charge is 2.17. The molecule has 1 aromatic heterocycles. The van der Waals surface area contributed by atoms with E-state index in [1.807, 2.05) is 26.2 Å². The number of guanidine groups is 1. The van der Waals surface area contributed by atoms with E-state index in [0.29, 0.717) is 5.92 Å². The minimum absolute atomic E-state index is 0. The van der Waals surface area contributed by atoms with E-state index in [4.69, 9.17) is 9.15 Å². The molecule has 6 nitrogen and oxygen atoms in total. The van der Waals surface area contributed by atoms with E-state index in [0.717, 1.165) is 44.4 Å². The summed E-state index contributed by atoms with van der Waals surface area (Å²) in [6.45, 7) is 7.47. The first-order valence-corrected chi connectivity index (χ1v) is 8.26. The molecule has 140 valence electrons. The summed E-state index contributed by atoms with van der Waals surface area (Å²) < 4.78 is 11.1. The minimum Gasteiger partial charge on any atom is -0.468 e. The molecule has 0 saturated carbocycles. The molecule has 0 radical (unpaired) electrons. The van der Waals surface area contributed by atoms with Crippen molar-refractivity contribution in [3.8, 4) is 0 Å². The van der Waals surface area contributed by atoms with Gasteiger partial charge in [-0.15, -0.1) is 24.0 Å². The van der Waals surface area contributed by atoms with E-state index in [2.05, 4.69) is 34.4 Å². The van der Waals surface area contributed by atoms with Crippen LogP contribution in [-0.2, 0) is 4.74 Å². The van der Waals surface area contributed by atoms with E-state index >= 15 is 0 Å². The third-order valence-corrected chi connectivity index (χ3v) is 3.39. The third-order valence-electron chi connectivity index (χ3n) is 3.39. The first-order valence-electron chi connectivity index (χ1n) is 8.26. The quantitative estimate of drug-likeness (QED) is 0.248. The van der Waals surface area contributed by atoms with Gasteiger partial charge in [0.2, 0.25) is 0 Å². The van der Waals surface area contributed by atoms with Gasteiger partial charge in [-0.05, 0) is 38.6 Å². The fraction of sp³-hybridized carbons (Fsp3) is 0.706. The molecule has 1 heterocycles.